The van der Waals surface area contributed by atoms with Crippen molar-refractivity contribution in [3.05, 3.63) is 48.1 Å². The number of anilines is 2. The second-order valence-electron chi connectivity index (χ2n) is 5.13. The quantitative estimate of drug-likeness (QED) is 0.253. The van der Waals surface area contributed by atoms with Crippen LogP contribution in [0.4, 0.5) is 11.4 Å². The largest absolute Gasteiger partial charge is 0.465 e. The first kappa shape index (κ1) is 15.6. The van der Waals surface area contributed by atoms with E-state index in [-0.39, 0.29) is 30.5 Å². The highest BCUT2D eigenvalue weighted by molar-refractivity contribution is 6.10. The first-order valence-electron chi connectivity index (χ1n) is 7.22. The van der Waals surface area contributed by atoms with Gasteiger partial charge in [-0.15, -0.1) is 0 Å². The molecule has 8 heteroatoms. The Morgan fingerprint density at radius 1 is 1.33 bits per heavy atom. The van der Waals surface area contributed by atoms with Crippen molar-refractivity contribution in [1.29, 1.82) is 0 Å². The van der Waals surface area contributed by atoms with Gasteiger partial charge in [0.2, 0.25) is 5.91 Å². The van der Waals surface area contributed by atoms with Crippen molar-refractivity contribution in [2.45, 2.75) is 6.42 Å². The SMILES string of the molecule is NNC(=O)CCN1C(=O)/C(=C\c2ccco2)Oc2cc(N)ccc21. The average molecular weight is 328 g/mol. The van der Waals surface area contributed by atoms with Gasteiger partial charge in [0.05, 0.1) is 12.0 Å². The Labute approximate surface area is 137 Å². The van der Waals surface area contributed by atoms with Crippen molar-refractivity contribution in [3.8, 4) is 5.75 Å². The first-order chi connectivity index (χ1) is 11.6. The second kappa shape index (κ2) is 6.47. The lowest BCUT2D eigenvalue weighted by Gasteiger charge is -2.30. The van der Waals surface area contributed by atoms with Crippen molar-refractivity contribution < 1.29 is 18.7 Å². The Balaban J connectivity index is 1.96. The number of hydrazine groups is 1. The van der Waals surface area contributed by atoms with Gasteiger partial charge in [0.25, 0.3) is 5.91 Å². The van der Waals surface area contributed by atoms with E-state index >= 15 is 0 Å². The Morgan fingerprint density at radius 2 is 2.17 bits per heavy atom. The number of benzene rings is 1. The minimum Gasteiger partial charge on any atom is -0.465 e. The topological polar surface area (TPSA) is 124 Å². The van der Waals surface area contributed by atoms with Crippen molar-refractivity contribution in [3.63, 3.8) is 0 Å². The monoisotopic (exact) mass is 328 g/mol. The number of nitrogen functional groups attached to an aromatic ring is 1. The summed E-state index contributed by atoms with van der Waals surface area (Å²) < 4.78 is 10.9. The molecule has 2 aromatic rings. The number of hydrogen-bond acceptors (Lipinski definition) is 6. The van der Waals surface area contributed by atoms with Crippen LogP contribution in [0, 0.1) is 0 Å². The number of fused-ring (bicyclic) bond motifs is 1. The maximum absolute atomic E-state index is 12.7. The van der Waals surface area contributed by atoms with E-state index in [1.807, 2.05) is 5.43 Å². The van der Waals surface area contributed by atoms with Crippen molar-refractivity contribution in [1.82, 2.24) is 5.43 Å². The highest BCUT2D eigenvalue weighted by Gasteiger charge is 2.30. The lowest BCUT2D eigenvalue weighted by molar-refractivity contribution is -0.121. The molecule has 1 aromatic carbocycles. The fourth-order valence-corrected chi connectivity index (χ4v) is 2.34. The molecule has 0 unspecified atom stereocenters. The molecule has 0 aliphatic carbocycles. The van der Waals surface area contributed by atoms with Crippen LogP contribution in [0.1, 0.15) is 12.2 Å². The number of rotatable bonds is 4. The molecule has 0 spiro atoms. The van der Waals surface area contributed by atoms with Crippen LogP contribution in [-0.4, -0.2) is 18.4 Å². The molecular weight excluding hydrogens is 312 g/mol. The molecule has 1 aromatic heterocycles. The van der Waals surface area contributed by atoms with Crippen LogP contribution >= 0.6 is 0 Å². The number of nitrogens with zero attached hydrogens (tertiary/aromatic N) is 1. The van der Waals surface area contributed by atoms with Crippen LogP contribution in [0.25, 0.3) is 6.08 Å². The number of carbonyl (C=O) groups excluding carboxylic acids is 2. The number of furan rings is 1. The van der Waals surface area contributed by atoms with E-state index in [1.165, 1.54) is 17.2 Å². The summed E-state index contributed by atoms with van der Waals surface area (Å²) in [5.41, 5.74) is 8.87. The van der Waals surface area contributed by atoms with Gasteiger partial charge in [0.1, 0.15) is 5.76 Å². The lowest BCUT2D eigenvalue weighted by Crippen LogP contribution is -2.40. The smallest absolute Gasteiger partial charge is 0.294 e. The van der Waals surface area contributed by atoms with Gasteiger partial charge in [0.15, 0.2) is 11.5 Å². The standard InChI is InChI=1S/C16H16N4O4/c17-10-3-4-12-13(8-10)24-14(9-11-2-1-7-23-11)16(22)20(12)6-5-15(21)19-18/h1-4,7-9H,5-6,17-18H2,(H,19,21)/b14-9+. The summed E-state index contributed by atoms with van der Waals surface area (Å²) in [6, 6.07) is 8.35. The van der Waals surface area contributed by atoms with E-state index in [0.717, 1.165) is 0 Å². The molecule has 2 amide bonds. The molecule has 0 fully saturated rings. The molecule has 5 N–H and O–H groups in total. The molecule has 0 atom stereocenters. The highest BCUT2D eigenvalue weighted by atomic mass is 16.5. The van der Waals surface area contributed by atoms with Crippen molar-refractivity contribution >= 4 is 29.3 Å². The van der Waals surface area contributed by atoms with Crippen LogP contribution in [0.2, 0.25) is 0 Å². The summed E-state index contributed by atoms with van der Waals surface area (Å²) in [4.78, 5) is 25.6. The van der Waals surface area contributed by atoms with Gasteiger partial charge in [-0.05, 0) is 24.3 Å². The number of nitrogens with one attached hydrogen (secondary N) is 1. The Kier molecular flexibility index (Phi) is 4.21. The molecule has 24 heavy (non-hydrogen) atoms. The maximum atomic E-state index is 12.7. The van der Waals surface area contributed by atoms with Gasteiger partial charge in [-0.3, -0.25) is 15.0 Å². The maximum Gasteiger partial charge on any atom is 0.294 e. The van der Waals surface area contributed by atoms with Crippen LogP contribution in [0.15, 0.2) is 46.8 Å². The van der Waals surface area contributed by atoms with Gasteiger partial charge < -0.3 is 19.8 Å². The number of nitrogens with two attached hydrogens (primary N) is 2. The van der Waals surface area contributed by atoms with Gasteiger partial charge in [0, 0.05) is 30.8 Å². The molecule has 0 saturated heterocycles. The molecule has 0 saturated carbocycles. The normalized spacial score (nSPS) is 15.1. The van der Waals surface area contributed by atoms with Crippen molar-refractivity contribution in [2.24, 2.45) is 5.84 Å². The Morgan fingerprint density at radius 3 is 2.88 bits per heavy atom. The minimum atomic E-state index is -0.381. The number of carbonyl (C=O) groups is 2. The molecule has 8 nitrogen and oxygen atoms in total. The highest BCUT2D eigenvalue weighted by Crippen LogP contribution is 2.37. The molecule has 1 aliphatic heterocycles. The van der Waals surface area contributed by atoms with E-state index in [2.05, 4.69) is 0 Å². The van der Waals surface area contributed by atoms with E-state index in [0.29, 0.717) is 22.9 Å². The van der Waals surface area contributed by atoms with Gasteiger partial charge in [-0.25, -0.2) is 5.84 Å². The van der Waals surface area contributed by atoms with Gasteiger partial charge in [-0.1, -0.05) is 0 Å². The third-order valence-corrected chi connectivity index (χ3v) is 3.49. The van der Waals surface area contributed by atoms with E-state index in [9.17, 15) is 9.59 Å². The first-order valence-corrected chi connectivity index (χ1v) is 7.22. The molecule has 0 bridgehead atoms. The van der Waals surface area contributed by atoms with E-state index in [4.69, 9.17) is 20.7 Å². The van der Waals surface area contributed by atoms with E-state index < -0.39 is 0 Å². The fourth-order valence-electron chi connectivity index (χ4n) is 2.34. The minimum absolute atomic E-state index is 0.0556. The summed E-state index contributed by atoms with van der Waals surface area (Å²) in [5, 5.41) is 0. The zero-order valence-corrected chi connectivity index (χ0v) is 12.7. The molecule has 2 heterocycles. The summed E-state index contributed by atoms with van der Waals surface area (Å²) in [7, 11) is 0. The van der Waals surface area contributed by atoms with Crippen molar-refractivity contribution in [2.75, 3.05) is 17.2 Å². The summed E-state index contributed by atoms with van der Waals surface area (Å²) in [5.74, 6) is 5.32. The lowest BCUT2D eigenvalue weighted by atomic mass is 10.1. The van der Waals surface area contributed by atoms with E-state index in [1.54, 1.807) is 30.3 Å². The predicted octanol–water partition coefficient (Wildman–Crippen LogP) is 1.01. The average Bonchev–Trinajstić information content (AvgIpc) is 3.07. The van der Waals surface area contributed by atoms with Crippen LogP contribution < -0.4 is 26.6 Å². The van der Waals surface area contributed by atoms with Crippen LogP contribution in [-0.2, 0) is 9.59 Å². The zero-order valence-electron chi connectivity index (χ0n) is 12.7. The molecular formula is C16H16N4O4. The summed E-state index contributed by atoms with van der Waals surface area (Å²) >= 11 is 0. The van der Waals surface area contributed by atoms with Gasteiger partial charge in [-0.2, -0.15) is 0 Å². The predicted molar refractivity (Wildman–Crippen MR) is 87.5 cm³/mol. The molecule has 0 radical (unpaired) electrons. The summed E-state index contributed by atoms with van der Waals surface area (Å²) in [6.07, 6.45) is 3.04. The molecule has 124 valence electrons. The fraction of sp³-hybridized carbons (Fsp3) is 0.125. The number of hydrogen-bond donors (Lipinski definition) is 3. The number of amides is 2. The Bertz CT molecular complexity index is 798. The Hall–Kier alpha value is -3.26. The zero-order chi connectivity index (χ0) is 17.1. The second-order valence-corrected chi connectivity index (χ2v) is 5.13. The van der Waals surface area contributed by atoms with Crippen LogP contribution in [0.5, 0.6) is 5.75 Å². The molecule has 3 rings (SSSR count). The van der Waals surface area contributed by atoms with Crippen LogP contribution in [0.3, 0.4) is 0 Å². The number of ether oxygens (including phenoxy) is 1. The third kappa shape index (κ3) is 3.08. The third-order valence-electron chi connectivity index (χ3n) is 3.49. The molecule has 1 aliphatic rings. The van der Waals surface area contributed by atoms with Gasteiger partial charge >= 0.3 is 0 Å². The summed E-state index contributed by atoms with van der Waals surface area (Å²) in [6.45, 7) is 0.150.